The van der Waals surface area contributed by atoms with Crippen molar-refractivity contribution in [2.75, 3.05) is 26.2 Å². The third-order valence-corrected chi connectivity index (χ3v) is 3.96. The van der Waals surface area contributed by atoms with Crippen LogP contribution >= 0.6 is 0 Å². The molecule has 0 amide bonds. The molecule has 0 aliphatic carbocycles. The maximum atomic E-state index is 13.6. The van der Waals surface area contributed by atoms with Gasteiger partial charge in [-0.05, 0) is 48.9 Å². The summed E-state index contributed by atoms with van der Waals surface area (Å²) in [5.41, 5.74) is 0.673. The molecule has 0 spiro atoms. The van der Waals surface area contributed by atoms with Crippen molar-refractivity contribution in [2.45, 2.75) is 33.6 Å². The minimum atomic E-state index is -0.409. The number of rotatable bonds is 4. The predicted molar refractivity (Wildman–Crippen MR) is 86.0 cm³/mol. The van der Waals surface area contributed by atoms with Crippen LogP contribution in [0.3, 0.4) is 0 Å². The zero-order valence-electron chi connectivity index (χ0n) is 13.6. The van der Waals surface area contributed by atoms with Gasteiger partial charge in [0.2, 0.25) is 0 Å². The Hall–Kier alpha value is -1.65. The summed E-state index contributed by atoms with van der Waals surface area (Å²) in [7, 11) is 0. The molecule has 0 atom stereocenters. The van der Waals surface area contributed by atoms with Gasteiger partial charge in [0.1, 0.15) is 11.6 Å². The molecule has 22 heavy (non-hydrogen) atoms. The summed E-state index contributed by atoms with van der Waals surface area (Å²) < 4.78 is 26.8. The van der Waals surface area contributed by atoms with E-state index in [-0.39, 0.29) is 5.82 Å². The Morgan fingerprint density at radius 2 is 2.14 bits per heavy atom. The highest BCUT2D eigenvalue weighted by molar-refractivity contribution is 5.80. The first-order chi connectivity index (χ1) is 10.4. The normalized spacial score (nSPS) is 17.9. The van der Waals surface area contributed by atoms with Crippen LogP contribution in [0.2, 0.25) is 0 Å². The second kappa shape index (κ2) is 7.07. The number of hydrogen-bond donors (Lipinski definition) is 1. The highest BCUT2D eigenvalue weighted by Gasteiger charge is 2.30. The first-order valence-corrected chi connectivity index (χ1v) is 7.88. The predicted octanol–water partition coefficient (Wildman–Crippen LogP) is 3.20. The standard InChI is InChI=1S/C17H25F2N3/c1-4-20-16(22-10-8-17(2,3)12-22)21-9-7-13-11-14(18)5-6-15(13)19/h5-6,11H,4,7-10,12H2,1-3H3,(H,20,21). The van der Waals surface area contributed by atoms with E-state index in [1.54, 1.807) is 0 Å². The van der Waals surface area contributed by atoms with Crippen LogP contribution in [0.25, 0.3) is 0 Å². The average molecular weight is 309 g/mol. The van der Waals surface area contributed by atoms with Gasteiger partial charge in [-0.3, -0.25) is 4.99 Å². The molecule has 1 N–H and O–H groups in total. The largest absolute Gasteiger partial charge is 0.357 e. The van der Waals surface area contributed by atoms with Crippen molar-refractivity contribution in [3.05, 3.63) is 35.4 Å². The molecule has 0 saturated carbocycles. The Balaban J connectivity index is 2.00. The van der Waals surface area contributed by atoms with Gasteiger partial charge in [-0.15, -0.1) is 0 Å². The molecular weight excluding hydrogens is 284 g/mol. The number of benzene rings is 1. The highest BCUT2D eigenvalue weighted by atomic mass is 19.1. The fourth-order valence-corrected chi connectivity index (χ4v) is 2.74. The molecule has 122 valence electrons. The highest BCUT2D eigenvalue weighted by Crippen LogP contribution is 2.28. The van der Waals surface area contributed by atoms with Gasteiger partial charge in [0, 0.05) is 26.2 Å². The number of likely N-dealkylation sites (tertiary alicyclic amines) is 1. The van der Waals surface area contributed by atoms with Crippen molar-refractivity contribution in [1.82, 2.24) is 10.2 Å². The summed E-state index contributed by atoms with van der Waals surface area (Å²) in [6, 6.07) is 3.55. The SMILES string of the molecule is CCNC(=NCCc1cc(F)ccc1F)N1CCC(C)(C)C1. The van der Waals surface area contributed by atoms with Gasteiger partial charge >= 0.3 is 0 Å². The van der Waals surface area contributed by atoms with Crippen molar-refractivity contribution in [3.63, 3.8) is 0 Å². The van der Waals surface area contributed by atoms with Gasteiger partial charge in [-0.1, -0.05) is 13.8 Å². The van der Waals surface area contributed by atoms with Gasteiger partial charge in [-0.2, -0.15) is 0 Å². The zero-order valence-corrected chi connectivity index (χ0v) is 13.6. The van der Waals surface area contributed by atoms with Crippen molar-refractivity contribution >= 4 is 5.96 Å². The summed E-state index contributed by atoms with van der Waals surface area (Å²) in [6.45, 7) is 9.71. The minimum absolute atomic E-state index is 0.296. The fourth-order valence-electron chi connectivity index (χ4n) is 2.74. The summed E-state index contributed by atoms with van der Waals surface area (Å²) in [5.74, 6) is 0.0855. The molecule has 1 aliphatic rings. The van der Waals surface area contributed by atoms with E-state index in [1.165, 1.54) is 12.1 Å². The van der Waals surface area contributed by atoms with Crippen LogP contribution in [-0.2, 0) is 6.42 Å². The molecule has 5 heteroatoms. The third-order valence-electron chi connectivity index (χ3n) is 3.96. The van der Waals surface area contributed by atoms with Crippen molar-refractivity contribution in [1.29, 1.82) is 0 Å². The number of hydrogen-bond acceptors (Lipinski definition) is 1. The van der Waals surface area contributed by atoms with Crippen molar-refractivity contribution < 1.29 is 8.78 Å². The van der Waals surface area contributed by atoms with Crippen LogP contribution in [0.1, 0.15) is 32.8 Å². The molecule has 0 radical (unpaired) electrons. The van der Waals surface area contributed by atoms with E-state index in [4.69, 9.17) is 0 Å². The van der Waals surface area contributed by atoms with E-state index in [9.17, 15) is 8.78 Å². The third kappa shape index (κ3) is 4.42. The van der Waals surface area contributed by atoms with Crippen molar-refractivity contribution in [3.8, 4) is 0 Å². The number of halogens is 2. The number of nitrogens with zero attached hydrogens (tertiary/aromatic N) is 2. The lowest BCUT2D eigenvalue weighted by atomic mass is 9.93. The number of aliphatic imine (C=N–C) groups is 1. The van der Waals surface area contributed by atoms with E-state index in [2.05, 4.69) is 29.1 Å². The molecule has 1 aromatic rings. The second-order valence-electron chi connectivity index (χ2n) is 6.56. The van der Waals surface area contributed by atoms with Crippen LogP contribution < -0.4 is 5.32 Å². The lowest BCUT2D eigenvalue weighted by molar-refractivity contribution is 0.370. The summed E-state index contributed by atoms with van der Waals surface area (Å²) in [5, 5.41) is 3.28. The lowest BCUT2D eigenvalue weighted by Gasteiger charge is -2.23. The molecule has 2 rings (SSSR count). The first kappa shape index (κ1) is 16.7. The first-order valence-electron chi connectivity index (χ1n) is 7.88. The molecule has 1 fully saturated rings. The van der Waals surface area contributed by atoms with Gasteiger partial charge in [0.25, 0.3) is 0 Å². The van der Waals surface area contributed by atoms with E-state index in [0.717, 1.165) is 38.1 Å². The van der Waals surface area contributed by atoms with Gasteiger partial charge in [0.05, 0.1) is 0 Å². The Labute approximate surface area is 131 Å². The lowest BCUT2D eigenvalue weighted by Crippen LogP contribution is -2.40. The number of nitrogens with one attached hydrogen (secondary N) is 1. The summed E-state index contributed by atoms with van der Waals surface area (Å²) >= 11 is 0. The second-order valence-corrected chi connectivity index (χ2v) is 6.56. The summed E-state index contributed by atoms with van der Waals surface area (Å²) in [6.07, 6.45) is 1.53. The topological polar surface area (TPSA) is 27.6 Å². The van der Waals surface area contributed by atoms with Crippen LogP contribution in [0, 0.1) is 17.0 Å². The average Bonchev–Trinajstić information content (AvgIpc) is 2.82. The Morgan fingerprint density at radius 1 is 1.36 bits per heavy atom. The summed E-state index contributed by atoms with van der Waals surface area (Å²) in [4.78, 5) is 6.81. The smallest absolute Gasteiger partial charge is 0.193 e. The fraction of sp³-hybridized carbons (Fsp3) is 0.588. The van der Waals surface area contributed by atoms with Crippen LogP contribution in [0.15, 0.2) is 23.2 Å². The van der Waals surface area contributed by atoms with E-state index in [0.29, 0.717) is 23.9 Å². The molecule has 3 nitrogen and oxygen atoms in total. The maximum absolute atomic E-state index is 13.6. The molecular formula is C17H25F2N3. The molecule has 0 bridgehead atoms. The van der Waals surface area contributed by atoms with Gasteiger partial charge < -0.3 is 10.2 Å². The van der Waals surface area contributed by atoms with Crippen molar-refractivity contribution in [2.24, 2.45) is 10.4 Å². The zero-order chi connectivity index (χ0) is 16.2. The van der Waals surface area contributed by atoms with Gasteiger partial charge in [0.15, 0.2) is 5.96 Å². The monoisotopic (exact) mass is 309 g/mol. The minimum Gasteiger partial charge on any atom is -0.357 e. The van der Waals surface area contributed by atoms with Gasteiger partial charge in [-0.25, -0.2) is 8.78 Å². The van der Waals surface area contributed by atoms with Crippen LogP contribution in [0.4, 0.5) is 8.78 Å². The Kier molecular flexibility index (Phi) is 5.37. The van der Waals surface area contributed by atoms with E-state index >= 15 is 0 Å². The van der Waals surface area contributed by atoms with Crippen LogP contribution in [-0.4, -0.2) is 37.0 Å². The quantitative estimate of drug-likeness (QED) is 0.683. The Bertz CT molecular complexity index is 541. The molecule has 1 aliphatic heterocycles. The van der Waals surface area contributed by atoms with E-state index < -0.39 is 5.82 Å². The molecule has 0 aromatic heterocycles. The maximum Gasteiger partial charge on any atom is 0.193 e. The molecule has 0 unspecified atom stereocenters. The Morgan fingerprint density at radius 3 is 2.77 bits per heavy atom. The van der Waals surface area contributed by atoms with Crippen LogP contribution in [0.5, 0.6) is 0 Å². The number of guanidine groups is 1. The molecule has 1 aromatic carbocycles. The van der Waals surface area contributed by atoms with E-state index in [1.807, 2.05) is 6.92 Å². The molecule has 1 heterocycles. The molecule has 1 saturated heterocycles.